The summed E-state index contributed by atoms with van der Waals surface area (Å²) in [4.78, 5) is 24.5. The number of halogens is 1. The van der Waals surface area contributed by atoms with Crippen LogP contribution in [0.25, 0.3) is 26.1 Å². The van der Waals surface area contributed by atoms with Crippen molar-refractivity contribution in [3.05, 3.63) is 58.5 Å². The van der Waals surface area contributed by atoms with E-state index in [-0.39, 0.29) is 11.2 Å². The van der Waals surface area contributed by atoms with Gasteiger partial charge in [0.15, 0.2) is 0 Å². The standard InChI is InChI=1S/C18H15FN4OS/c1-10-4-5-11(19)13(8-10)23-9-21-15-14-12(22(2)3)6-7-20-17(14)25-16(15)18(23)24/h4-9H,1-3H3. The third-order valence-corrected chi connectivity index (χ3v) is 5.18. The number of nitrogens with zero attached hydrogens (tertiary/aromatic N) is 4. The van der Waals surface area contributed by atoms with Crippen LogP contribution < -0.4 is 10.5 Å². The summed E-state index contributed by atoms with van der Waals surface area (Å²) < 4.78 is 15.9. The van der Waals surface area contributed by atoms with Gasteiger partial charge in [-0.1, -0.05) is 6.07 Å². The number of hydrogen-bond acceptors (Lipinski definition) is 5. The van der Waals surface area contributed by atoms with Crippen molar-refractivity contribution in [1.82, 2.24) is 14.5 Å². The monoisotopic (exact) mass is 354 g/mol. The summed E-state index contributed by atoms with van der Waals surface area (Å²) in [6, 6.07) is 6.56. The van der Waals surface area contributed by atoms with Crippen LogP contribution in [0.3, 0.4) is 0 Å². The first-order chi connectivity index (χ1) is 12.0. The zero-order chi connectivity index (χ0) is 17.7. The predicted octanol–water partition coefficient (Wildman–Crippen LogP) is 3.51. The highest BCUT2D eigenvalue weighted by Crippen LogP contribution is 2.35. The van der Waals surface area contributed by atoms with E-state index in [0.29, 0.717) is 10.2 Å². The van der Waals surface area contributed by atoms with Crippen LogP contribution in [-0.4, -0.2) is 28.6 Å². The number of thiophene rings is 1. The molecule has 0 saturated carbocycles. The van der Waals surface area contributed by atoms with Gasteiger partial charge in [-0.2, -0.15) is 0 Å². The molecule has 0 atom stereocenters. The highest BCUT2D eigenvalue weighted by molar-refractivity contribution is 7.25. The molecule has 0 amide bonds. The summed E-state index contributed by atoms with van der Waals surface area (Å²) in [5, 5.41) is 0.849. The third kappa shape index (κ3) is 2.39. The van der Waals surface area contributed by atoms with Gasteiger partial charge in [0.05, 0.1) is 22.3 Å². The Morgan fingerprint density at radius 3 is 2.76 bits per heavy atom. The molecule has 3 heterocycles. The second kappa shape index (κ2) is 5.63. The molecule has 0 aliphatic heterocycles. The van der Waals surface area contributed by atoms with Crippen molar-refractivity contribution in [1.29, 1.82) is 0 Å². The van der Waals surface area contributed by atoms with E-state index in [4.69, 9.17) is 0 Å². The average molecular weight is 354 g/mol. The topological polar surface area (TPSA) is 51.0 Å². The van der Waals surface area contributed by atoms with Gasteiger partial charge in [0.1, 0.15) is 21.7 Å². The number of rotatable bonds is 2. The summed E-state index contributed by atoms with van der Waals surface area (Å²) in [6.07, 6.45) is 3.10. The number of pyridine rings is 1. The molecule has 0 radical (unpaired) electrons. The lowest BCUT2D eigenvalue weighted by atomic mass is 10.2. The summed E-state index contributed by atoms with van der Waals surface area (Å²) in [5.74, 6) is -0.456. The van der Waals surface area contributed by atoms with E-state index in [0.717, 1.165) is 21.5 Å². The zero-order valence-electron chi connectivity index (χ0n) is 13.9. The number of fused-ring (bicyclic) bond motifs is 3. The molecule has 0 unspecified atom stereocenters. The van der Waals surface area contributed by atoms with Gasteiger partial charge in [0.25, 0.3) is 5.56 Å². The highest BCUT2D eigenvalue weighted by Gasteiger charge is 2.17. The lowest BCUT2D eigenvalue weighted by Gasteiger charge is -2.13. The van der Waals surface area contributed by atoms with E-state index >= 15 is 0 Å². The second-order valence-electron chi connectivity index (χ2n) is 6.06. The van der Waals surface area contributed by atoms with Gasteiger partial charge in [0.2, 0.25) is 0 Å². The van der Waals surface area contributed by atoms with Crippen molar-refractivity contribution in [2.45, 2.75) is 6.92 Å². The van der Waals surface area contributed by atoms with E-state index < -0.39 is 5.82 Å². The largest absolute Gasteiger partial charge is 0.377 e. The van der Waals surface area contributed by atoms with E-state index in [1.165, 1.54) is 28.3 Å². The molecule has 4 rings (SSSR count). The Morgan fingerprint density at radius 2 is 2.00 bits per heavy atom. The van der Waals surface area contributed by atoms with Gasteiger partial charge in [-0.25, -0.2) is 14.4 Å². The molecule has 126 valence electrons. The SMILES string of the molecule is Cc1ccc(F)c(-n2cnc3c(sc4nccc(N(C)C)c43)c2=O)c1. The van der Waals surface area contributed by atoms with Crippen LogP contribution in [0, 0.1) is 12.7 Å². The van der Waals surface area contributed by atoms with E-state index in [1.807, 2.05) is 32.0 Å². The molecule has 0 bridgehead atoms. The molecular weight excluding hydrogens is 339 g/mol. The fourth-order valence-electron chi connectivity index (χ4n) is 2.89. The number of aromatic nitrogens is 3. The fourth-order valence-corrected chi connectivity index (χ4v) is 3.94. The molecule has 0 spiro atoms. The molecule has 0 fully saturated rings. The molecule has 5 nitrogen and oxygen atoms in total. The first kappa shape index (κ1) is 15.7. The van der Waals surface area contributed by atoms with Crippen molar-refractivity contribution < 1.29 is 4.39 Å². The van der Waals surface area contributed by atoms with Crippen LogP contribution in [0.2, 0.25) is 0 Å². The Bertz CT molecular complexity index is 1180. The molecule has 4 aromatic rings. The van der Waals surface area contributed by atoms with Crippen molar-refractivity contribution in [2.75, 3.05) is 19.0 Å². The number of anilines is 1. The average Bonchev–Trinajstić information content (AvgIpc) is 2.97. The minimum Gasteiger partial charge on any atom is -0.377 e. The van der Waals surface area contributed by atoms with Crippen LogP contribution in [-0.2, 0) is 0 Å². The Morgan fingerprint density at radius 1 is 1.20 bits per heavy atom. The first-order valence-electron chi connectivity index (χ1n) is 7.70. The van der Waals surface area contributed by atoms with Gasteiger partial charge in [0, 0.05) is 20.3 Å². The van der Waals surface area contributed by atoms with Crippen molar-refractivity contribution in [3.8, 4) is 5.69 Å². The number of hydrogen-bond donors (Lipinski definition) is 0. The van der Waals surface area contributed by atoms with Crippen LogP contribution in [0.4, 0.5) is 10.1 Å². The molecular formula is C18H15FN4OS. The minimum atomic E-state index is -0.456. The zero-order valence-corrected chi connectivity index (χ0v) is 14.8. The quantitative estimate of drug-likeness (QED) is 0.553. The molecule has 0 saturated heterocycles. The minimum absolute atomic E-state index is 0.206. The molecule has 1 aromatic carbocycles. The molecule has 0 N–H and O–H groups in total. The lowest BCUT2D eigenvalue weighted by Crippen LogP contribution is -2.19. The molecule has 3 aromatic heterocycles. The molecule has 0 aliphatic carbocycles. The van der Waals surface area contributed by atoms with Crippen LogP contribution >= 0.6 is 11.3 Å². The van der Waals surface area contributed by atoms with E-state index in [1.54, 1.807) is 18.3 Å². The predicted molar refractivity (Wildman–Crippen MR) is 99.5 cm³/mol. The van der Waals surface area contributed by atoms with Gasteiger partial charge in [-0.05, 0) is 30.7 Å². The summed E-state index contributed by atoms with van der Waals surface area (Å²) >= 11 is 1.28. The normalized spacial score (nSPS) is 11.4. The molecule has 7 heteroatoms. The smallest absolute Gasteiger partial charge is 0.276 e. The number of benzene rings is 1. The number of aryl methyl sites for hydroxylation is 1. The van der Waals surface area contributed by atoms with Gasteiger partial charge in [-0.15, -0.1) is 11.3 Å². The van der Waals surface area contributed by atoms with Crippen LogP contribution in [0.15, 0.2) is 41.6 Å². The van der Waals surface area contributed by atoms with Crippen LogP contribution in [0.1, 0.15) is 5.56 Å². The van der Waals surface area contributed by atoms with Crippen molar-refractivity contribution in [3.63, 3.8) is 0 Å². The Balaban J connectivity index is 2.08. The Kier molecular flexibility index (Phi) is 3.54. The van der Waals surface area contributed by atoms with E-state index in [2.05, 4.69) is 9.97 Å². The highest BCUT2D eigenvalue weighted by atomic mass is 32.1. The molecule has 0 aliphatic rings. The first-order valence-corrected chi connectivity index (χ1v) is 8.51. The summed E-state index contributed by atoms with van der Waals surface area (Å²) in [7, 11) is 3.86. The summed E-state index contributed by atoms with van der Waals surface area (Å²) in [5.41, 5.74) is 2.34. The second-order valence-corrected chi connectivity index (χ2v) is 7.06. The van der Waals surface area contributed by atoms with Gasteiger partial charge >= 0.3 is 0 Å². The van der Waals surface area contributed by atoms with E-state index in [9.17, 15) is 9.18 Å². The maximum absolute atomic E-state index is 14.2. The Hall–Kier alpha value is -2.80. The van der Waals surface area contributed by atoms with Gasteiger partial charge < -0.3 is 4.90 Å². The summed E-state index contributed by atoms with van der Waals surface area (Å²) in [6.45, 7) is 1.85. The van der Waals surface area contributed by atoms with Crippen molar-refractivity contribution >= 4 is 37.5 Å². The molecule has 25 heavy (non-hydrogen) atoms. The maximum Gasteiger partial charge on any atom is 0.276 e. The third-order valence-electron chi connectivity index (χ3n) is 4.10. The Labute approximate surface area is 147 Å². The maximum atomic E-state index is 14.2. The van der Waals surface area contributed by atoms with Crippen molar-refractivity contribution in [2.24, 2.45) is 0 Å². The fraction of sp³-hybridized carbons (Fsp3) is 0.167. The van der Waals surface area contributed by atoms with Gasteiger partial charge in [-0.3, -0.25) is 9.36 Å². The van der Waals surface area contributed by atoms with Crippen LogP contribution in [0.5, 0.6) is 0 Å². The lowest BCUT2D eigenvalue weighted by molar-refractivity contribution is 0.615.